The Hall–Kier alpha value is 0.942. The van der Waals surface area contributed by atoms with Crippen molar-refractivity contribution in [2.45, 2.75) is 0 Å². The van der Waals surface area contributed by atoms with Gasteiger partial charge in [0.2, 0.25) is 0 Å². The van der Waals surface area contributed by atoms with Crippen LogP contribution in [0.25, 0.3) is 0 Å². The third-order valence-electron chi connectivity index (χ3n) is 0. The third kappa shape index (κ3) is 86.6. The molecule has 0 rings (SSSR count). The molecule has 0 aliphatic carbocycles. The van der Waals surface area contributed by atoms with Crippen molar-refractivity contribution in [3.05, 3.63) is 0 Å². The molecule has 0 aromatic heterocycles. The monoisotopic (exact) mass is 130 g/mol. The number of rotatable bonds is 0. The van der Waals surface area contributed by atoms with Crippen molar-refractivity contribution in [1.82, 2.24) is 0 Å². The Bertz CT molecular complexity index is 33.8. The van der Waals surface area contributed by atoms with Gasteiger partial charge in [-0.3, -0.25) is 0 Å². The molecule has 0 aliphatic rings. The molecule has 0 fully saturated rings. The van der Waals surface area contributed by atoms with Gasteiger partial charge in [0.05, 0.1) is 8.41 Å². The van der Waals surface area contributed by atoms with Crippen molar-refractivity contribution in [2.75, 3.05) is 0 Å². The van der Waals surface area contributed by atoms with Crippen LogP contribution in [0.2, 0.25) is 0 Å². The molecule has 3 nitrogen and oxygen atoms in total. The molecule has 0 spiro atoms. The minimum Gasteiger partial charge on any atom is -0.672 e. The predicted molar refractivity (Wildman–Crippen MR) is 22.1 cm³/mol. The summed E-state index contributed by atoms with van der Waals surface area (Å²) < 4.78 is 8.52. The van der Waals surface area contributed by atoms with E-state index in [2.05, 4.69) is 0 Å². The summed E-state index contributed by atoms with van der Waals surface area (Å²) in [6, 6.07) is 0. The fraction of sp³-hybridized carbons (Fsp3) is 0. The molecule has 0 N–H and O–H groups in total. The van der Waals surface area contributed by atoms with E-state index in [0.717, 1.165) is 0 Å². The zero-order valence-corrected chi connectivity index (χ0v) is 5.64. The van der Waals surface area contributed by atoms with Gasteiger partial charge in [0, 0.05) is 9.17 Å². The molecule has 6 heavy (non-hydrogen) atoms. The zero-order chi connectivity index (χ0) is 3.58. The van der Waals surface area contributed by atoms with Crippen LogP contribution in [0.15, 0.2) is 0 Å². The summed E-state index contributed by atoms with van der Waals surface area (Å²) in [5, 5.41) is 0. The first-order valence-electron chi connectivity index (χ1n) is 0.612. The van der Waals surface area contributed by atoms with Gasteiger partial charge in [-0.2, -0.15) is 0 Å². The van der Waals surface area contributed by atoms with Gasteiger partial charge in [-0.15, -0.1) is 0 Å². The summed E-state index contributed by atoms with van der Waals surface area (Å²) in [5.74, 6) is 0. The quantitative estimate of drug-likeness (QED) is 0.311. The largest absolute Gasteiger partial charge is 2.00 e. The van der Waals surface area contributed by atoms with E-state index in [9.17, 15) is 0 Å². The Kier molecular flexibility index (Phi) is 24.6. The molecular weight excluding hydrogens is 127 g/mol. The van der Waals surface area contributed by atoms with Crippen LogP contribution in [0.1, 0.15) is 0 Å². The van der Waals surface area contributed by atoms with Crippen LogP contribution in [-0.4, -0.2) is 55.3 Å². The first-order chi connectivity index (χ1) is 1.73. The summed E-state index contributed by atoms with van der Waals surface area (Å²) in [6.45, 7) is 0. The van der Waals surface area contributed by atoms with Crippen molar-refractivity contribution in [3.8, 4) is 0 Å². The number of hydrogen-bond acceptors (Lipinski definition) is 3. The van der Waals surface area contributed by atoms with Crippen LogP contribution < -0.4 is 9.59 Å². The predicted octanol–water partition coefficient (Wildman–Crippen LogP) is -4.44. The minimum absolute atomic E-state index is 0. The maximum Gasteiger partial charge on any atom is 2.00 e. The van der Waals surface area contributed by atoms with Gasteiger partial charge in [0.25, 0.3) is 0 Å². The molecule has 0 heterocycles. The fourth-order valence-electron chi connectivity index (χ4n) is 0. The molecule has 0 bridgehead atoms. The average Bonchev–Trinajstić information content (AvgIpc) is 0.811. The van der Waals surface area contributed by atoms with Crippen molar-refractivity contribution >= 4 is 55.3 Å². The Morgan fingerprint density at radius 2 is 1.33 bits per heavy atom. The van der Waals surface area contributed by atoms with Crippen LogP contribution in [-0.2, 0) is 4.46 Å². The molecule has 0 saturated carbocycles. The molecule has 0 aliphatic heterocycles. The fourth-order valence-corrected chi connectivity index (χ4v) is 0. The molecule has 0 radical (unpaired) electrons. The molecule has 0 aromatic carbocycles. The second-order valence-corrected chi connectivity index (χ2v) is 0.750. The number of hydrogen-bond donors (Lipinski definition) is 0. The van der Waals surface area contributed by atoms with E-state index in [4.69, 9.17) is 14.1 Å². The summed E-state index contributed by atoms with van der Waals surface area (Å²) in [5.41, 5.74) is 0. The van der Waals surface area contributed by atoms with Gasteiger partial charge < -0.3 is 14.1 Å². The van der Waals surface area contributed by atoms with E-state index in [1.165, 1.54) is 0 Å². The van der Waals surface area contributed by atoms with E-state index >= 15 is 0 Å². The minimum atomic E-state index is -3.63. The van der Waals surface area contributed by atoms with E-state index in [1.54, 1.807) is 0 Å². The molecule has 0 atom stereocenters. The van der Waals surface area contributed by atoms with Gasteiger partial charge in [-0.05, 0) is 0 Å². The first-order valence-corrected chi connectivity index (χ1v) is 1.84. The molecular formula is H3BCaO3Si. The smallest absolute Gasteiger partial charge is 0.672 e. The molecule has 6 heteroatoms. The van der Waals surface area contributed by atoms with Gasteiger partial charge in [0.15, 0.2) is 0 Å². The molecule has 0 aromatic rings. The molecule has 0 amide bonds. The average molecular weight is 130 g/mol. The summed E-state index contributed by atoms with van der Waals surface area (Å²) in [4.78, 5) is 17.0. The second kappa shape index (κ2) is 9.34. The van der Waals surface area contributed by atoms with Crippen LogP contribution in [0.4, 0.5) is 0 Å². The summed E-state index contributed by atoms with van der Waals surface area (Å²) >= 11 is 0. The summed E-state index contributed by atoms with van der Waals surface area (Å²) in [6.07, 6.45) is 0. The van der Waals surface area contributed by atoms with Crippen LogP contribution >= 0.6 is 0 Å². The standard InChI is InChI=1S/BH3.Ca.O3Si/c;;1-4(2)3/h1H3;;/q;+2;-2. The second-order valence-electron chi connectivity index (χ2n) is 0.250. The maximum atomic E-state index is 8.52. The summed E-state index contributed by atoms with van der Waals surface area (Å²) in [7, 11) is -3.63. The van der Waals surface area contributed by atoms with Gasteiger partial charge in [0.1, 0.15) is 0 Å². The van der Waals surface area contributed by atoms with Crippen LogP contribution in [0, 0.1) is 0 Å². The Labute approximate surface area is 68.9 Å². The van der Waals surface area contributed by atoms with Gasteiger partial charge >= 0.3 is 37.7 Å². The van der Waals surface area contributed by atoms with Crippen LogP contribution in [0.5, 0.6) is 0 Å². The van der Waals surface area contributed by atoms with E-state index in [1.807, 2.05) is 0 Å². The zero-order valence-electron chi connectivity index (χ0n) is 2.43. The van der Waals surface area contributed by atoms with Crippen molar-refractivity contribution < 1.29 is 14.1 Å². The van der Waals surface area contributed by atoms with Crippen molar-refractivity contribution in [3.63, 3.8) is 0 Å². The third-order valence-corrected chi connectivity index (χ3v) is 0. The Balaban J connectivity index is -0.0000000450. The van der Waals surface area contributed by atoms with Gasteiger partial charge in [-0.25, -0.2) is 0 Å². The molecule has 0 unspecified atom stereocenters. The van der Waals surface area contributed by atoms with E-state index in [-0.39, 0.29) is 46.2 Å². The molecule has 30 valence electrons. The van der Waals surface area contributed by atoms with Crippen LogP contribution in [0.3, 0.4) is 0 Å². The van der Waals surface area contributed by atoms with E-state index in [0.29, 0.717) is 0 Å². The Morgan fingerprint density at radius 1 is 1.33 bits per heavy atom. The topological polar surface area (TPSA) is 63.2 Å². The maximum absolute atomic E-state index is 8.52. The Morgan fingerprint density at radius 3 is 1.33 bits per heavy atom. The van der Waals surface area contributed by atoms with E-state index < -0.39 is 9.17 Å². The first kappa shape index (κ1) is 15.8. The van der Waals surface area contributed by atoms with Crippen molar-refractivity contribution in [1.29, 1.82) is 0 Å². The molecule has 0 saturated heterocycles. The van der Waals surface area contributed by atoms with Crippen molar-refractivity contribution in [2.24, 2.45) is 0 Å². The van der Waals surface area contributed by atoms with Gasteiger partial charge in [-0.1, -0.05) is 0 Å². The normalized spacial score (nSPS) is 4.00. The SMILES string of the molecule is B.O=[Si]([O-])[O-].[Ca+2].